The molecule has 16 heavy (non-hydrogen) atoms. The van der Waals surface area contributed by atoms with Crippen molar-refractivity contribution in [3.8, 4) is 0 Å². The van der Waals surface area contributed by atoms with Crippen LogP contribution >= 0.6 is 0 Å². The topological polar surface area (TPSA) is 50.4 Å². The Morgan fingerprint density at radius 2 is 2.19 bits per heavy atom. The van der Waals surface area contributed by atoms with Gasteiger partial charge in [0.05, 0.1) is 6.04 Å². The molecule has 3 nitrogen and oxygen atoms in total. The zero-order chi connectivity index (χ0) is 11.4. The van der Waals surface area contributed by atoms with Gasteiger partial charge in [0, 0.05) is 5.69 Å². The van der Waals surface area contributed by atoms with Gasteiger partial charge in [0.25, 0.3) is 0 Å². The summed E-state index contributed by atoms with van der Waals surface area (Å²) >= 11 is 0. The quantitative estimate of drug-likeness (QED) is 0.601. The van der Waals surface area contributed by atoms with Crippen molar-refractivity contribution in [2.75, 3.05) is 5.32 Å². The summed E-state index contributed by atoms with van der Waals surface area (Å²) in [6, 6.07) is 10.4. The molecule has 0 amide bonds. The molecule has 1 aliphatic rings. The van der Waals surface area contributed by atoms with Gasteiger partial charge in [0.1, 0.15) is 0 Å². The fourth-order valence-electron chi connectivity index (χ4n) is 1.95. The van der Waals surface area contributed by atoms with Crippen LogP contribution in [-0.4, -0.2) is 12.0 Å². The lowest BCUT2D eigenvalue weighted by Crippen LogP contribution is -2.23. The number of hydrogen-bond donors (Lipinski definition) is 2. The lowest BCUT2D eigenvalue weighted by atomic mass is 10.2. The van der Waals surface area contributed by atoms with Crippen LogP contribution in [-0.2, 0) is 0 Å². The lowest BCUT2D eigenvalue weighted by molar-refractivity contribution is 0.683. The maximum Gasteiger partial charge on any atom is 0.193 e. The zero-order valence-corrected chi connectivity index (χ0v) is 9.69. The molecular formula is C13H19N3. The molecule has 2 atom stereocenters. The lowest BCUT2D eigenvalue weighted by Gasteiger charge is -2.04. The third-order valence-electron chi connectivity index (χ3n) is 2.90. The molecule has 0 saturated heterocycles. The van der Waals surface area contributed by atoms with Crippen molar-refractivity contribution in [1.29, 1.82) is 0 Å². The van der Waals surface area contributed by atoms with Gasteiger partial charge in [-0.2, -0.15) is 0 Å². The van der Waals surface area contributed by atoms with Gasteiger partial charge < -0.3 is 11.1 Å². The highest BCUT2D eigenvalue weighted by Gasteiger charge is 2.35. The van der Waals surface area contributed by atoms with Crippen molar-refractivity contribution in [1.82, 2.24) is 0 Å². The first-order chi connectivity index (χ1) is 7.79. The first kappa shape index (κ1) is 11.0. The SMILES string of the molecule is CCCC1CC1N=C(N)Nc1ccccc1. The van der Waals surface area contributed by atoms with Crippen molar-refractivity contribution in [3.63, 3.8) is 0 Å². The van der Waals surface area contributed by atoms with Crippen LogP contribution in [0.25, 0.3) is 0 Å². The summed E-state index contributed by atoms with van der Waals surface area (Å²) in [5.74, 6) is 1.30. The third-order valence-corrected chi connectivity index (χ3v) is 2.90. The van der Waals surface area contributed by atoms with E-state index in [9.17, 15) is 0 Å². The van der Waals surface area contributed by atoms with Crippen molar-refractivity contribution in [3.05, 3.63) is 30.3 Å². The minimum Gasteiger partial charge on any atom is -0.370 e. The number of nitrogens with zero attached hydrogens (tertiary/aromatic N) is 1. The number of rotatable bonds is 4. The summed E-state index contributed by atoms with van der Waals surface area (Å²) < 4.78 is 0. The van der Waals surface area contributed by atoms with Crippen LogP contribution in [0.1, 0.15) is 26.2 Å². The second-order valence-electron chi connectivity index (χ2n) is 4.36. The maximum atomic E-state index is 5.84. The molecule has 0 radical (unpaired) electrons. The number of nitrogens with two attached hydrogens (primary N) is 1. The van der Waals surface area contributed by atoms with Gasteiger partial charge in [-0.25, -0.2) is 4.99 Å². The highest BCUT2D eigenvalue weighted by Crippen LogP contribution is 2.37. The molecule has 1 aromatic rings. The summed E-state index contributed by atoms with van der Waals surface area (Å²) in [7, 11) is 0. The highest BCUT2D eigenvalue weighted by atomic mass is 15.1. The average Bonchev–Trinajstić information content (AvgIpc) is 2.98. The van der Waals surface area contributed by atoms with Gasteiger partial charge in [-0.1, -0.05) is 31.5 Å². The second kappa shape index (κ2) is 5.01. The minimum absolute atomic E-state index is 0.455. The predicted octanol–water partition coefficient (Wildman–Crippen LogP) is 2.60. The standard InChI is InChI=1S/C13H19N3/c1-2-6-10-9-12(10)16-13(14)15-11-7-4-3-5-8-11/h3-5,7-8,10,12H,2,6,9H2,1H3,(H3,14,15,16). The van der Waals surface area contributed by atoms with E-state index < -0.39 is 0 Å². The summed E-state index contributed by atoms with van der Waals surface area (Å²) in [4.78, 5) is 4.47. The second-order valence-corrected chi connectivity index (χ2v) is 4.36. The minimum atomic E-state index is 0.455. The maximum absolute atomic E-state index is 5.84. The largest absolute Gasteiger partial charge is 0.370 e. The molecule has 3 N–H and O–H groups in total. The number of para-hydroxylation sites is 1. The molecule has 2 rings (SSSR count). The molecule has 0 spiro atoms. The molecule has 86 valence electrons. The van der Waals surface area contributed by atoms with E-state index in [1.807, 2.05) is 30.3 Å². The van der Waals surface area contributed by atoms with Crippen molar-refractivity contribution in [2.24, 2.45) is 16.6 Å². The van der Waals surface area contributed by atoms with Crippen LogP contribution in [0.3, 0.4) is 0 Å². The Kier molecular flexibility index (Phi) is 3.44. The van der Waals surface area contributed by atoms with Gasteiger partial charge in [-0.15, -0.1) is 0 Å². The molecule has 2 unspecified atom stereocenters. The zero-order valence-electron chi connectivity index (χ0n) is 9.69. The molecule has 1 fully saturated rings. The molecule has 0 aromatic heterocycles. The Morgan fingerprint density at radius 1 is 1.44 bits per heavy atom. The van der Waals surface area contributed by atoms with E-state index in [2.05, 4.69) is 17.2 Å². The first-order valence-electron chi connectivity index (χ1n) is 5.95. The van der Waals surface area contributed by atoms with Gasteiger partial charge >= 0.3 is 0 Å². The smallest absolute Gasteiger partial charge is 0.193 e. The summed E-state index contributed by atoms with van der Waals surface area (Å²) in [5.41, 5.74) is 6.84. The van der Waals surface area contributed by atoms with Crippen LogP contribution in [0.15, 0.2) is 35.3 Å². The molecule has 0 aliphatic heterocycles. The van der Waals surface area contributed by atoms with Gasteiger partial charge in [-0.3, -0.25) is 0 Å². The van der Waals surface area contributed by atoms with Crippen LogP contribution in [0.2, 0.25) is 0 Å². The van der Waals surface area contributed by atoms with Crippen LogP contribution in [0.4, 0.5) is 5.69 Å². The van der Waals surface area contributed by atoms with E-state index in [0.29, 0.717) is 12.0 Å². The van der Waals surface area contributed by atoms with Gasteiger partial charge in [-0.05, 0) is 30.9 Å². The van der Waals surface area contributed by atoms with E-state index >= 15 is 0 Å². The Balaban J connectivity index is 1.85. The number of hydrogen-bond acceptors (Lipinski definition) is 1. The highest BCUT2D eigenvalue weighted by molar-refractivity contribution is 5.92. The van der Waals surface area contributed by atoms with Crippen molar-refractivity contribution < 1.29 is 0 Å². The van der Waals surface area contributed by atoms with Crippen LogP contribution < -0.4 is 11.1 Å². The van der Waals surface area contributed by atoms with E-state index in [4.69, 9.17) is 5.73 Å². The Labute approximate surface area is 96.8 Å². The fraction of sp³-hybridized carbons (Fsp3) is 0.462. The van der Waals surface area contributed by atoms with Crippen molar-refractivity contribution in [2.45, 2.75) is 32.2 Å². The van der Waals surface area contributed by atoms with Gasteiger partial charge in [0.2, 0.25) is 0 Å². The Hall–Kier alpha value is -1.51. The van der Waals surface area contributed by atoms with Crippen molar-refractivity contribution >= 4 is 11.6 Å². The number of benzene rings is 1. The number of guanidine groups is 1. The molecule has 0 heterocycles. The molecule has 0 bridgehead atoms. The molecule has 1 aromatic carbocycles. The van der Waals surface area contributed by atoms with E-state index in [-0.39, 0.29) is 0 Å². The molecule has 1 aliphatic carbocycles. The average molecular weight is 217 g/mol. The number of nitrogens with one attached hydrogen (secondary N) is 1. The Morgan fingerprint density at radius 3 is 2.88 bits per heavy atom. The molecule has 1 saturated carbocycles. The molecule has 3 heteroatoms. The normalized spacial score (nSPS) is 24.2. The van der Waals surface area contributed by atoms with E-state index in [0.717, 1.165) is 11.6 Å². The monoisotopic (exact) mass is 217 g/mol. The van der Waals surface area contributed by atoms with E-state index in [1.165, 1.54) is 19.3 Å². The number of aliphatic imine (C=N–C) groups is 1. The summed E-state index contributed by atoms with van der Waals surface area (Å²) in [5, 5.41) is 3.10. The summed E-state index contributed by atoms with van der Waals surface area (Å²) in [6.45, 7) is 2.21. The van der Waals surface area contributed by atoms with Crippen LogP contribution in [0, 0.1) is 5.92 Å². The van der Waals surface area contributed by atoms with Gasteiger partial charge in [0.15, 0.2) is 5.96 Å². The van der Waals surface area contributed by atoms with Crippen LogP contribution in [0.5, 0.6) is 0 Å². The third kappa shape index (κ3) is 2.99. The number of anilines is 1. The Bertz CT molecular complexity index is 359. The predicted molar refractivity (Wildman–Crippen MR) is 68.5 cm³/mol. The van der Waals surface area contributed by atoms with E-state index in [1.54, 1.807) is 0 Å². The molecular weight excluding hydrogens is 198 g/mol. The summed E-state index contributed by atoms with van der Waals surface area (Å²) in [6.07, 6.45) is 3.71. The fourth-order valence-corrected chi connectivity index (χ4v) is 1.95. The first-order valence-corrected chi connectivity index (χ1v) is 5.95.